The largest absolute Gasteiger partial charge is 0.497 e. The molecule has 0 unspecified atom stereocenters. The Morgan fingerprint density at radius 3 is 2.00 bits per heavy atom. The zero-order chi connectivity index (χ0) is 18.9. The van der Waals surface area contributed by atoms with E-state index in [9.17, 15) is 9.59 Å². The number of amides is 2. The molecule has 2 rings (SSSR count). The highest BCUT2D eigenvalue weighted by Crippen LogP contribution is 2.17. The molecule has 26 heavy (non-hydrogen) atoms. The number of rotatable bonds is 6. The number of nitrogens with zero attached hydrogens (tertiary/aromatic N) is 1. The summed E-state index contributed by atoms with van der Waals surface area (Å²) in [6.45, 7) is 1.79. The summed E-state index contributed by atoms with van der Waals surface area (Å²) in [6.07, 6.45) is 1.44. The summed E-state index contributed by atoms with van der Waals surface area (Å²) >= 11 is 0. The van der Waals surface area contributed by atoms with Crippen LogP contribution in [0.5, 0.6) is 11.5 Å². The summed E-state index contributed by atoms with van der Waals surface area (Å²) in [6, 6.07) is 14.0. The molecular formula is C19H21N3O4. The van der Waals surface area contributed by atoms with Crippen molar-refractivity contribution in [3.8, 4) is 11.5 Å². The lowest BCUT2D eigenvalue weighted by Gasteiger charge is -2.13. The van der Waals surface area contributed by atoms with Gasteiger partial charge < -0.3 is 14.8 Å². The van der Waals surface area contributed by atoms with Crippen LogP contribution in [0.1, 0.15) is 24.1 Å². The number of benzene rings is 2. The Morgan fingerprint density at radius 2 is 1.46 bits per heavy atom. The molecule has 2 amide bonds. The summed E-state index contributed by atoms with van der Waals surface area (Å²) in [5, 5.41) is 6.39. The third-order valence-electron chi connectivity index (χ3n) is 3.67. The predicted molar refractivity (Wildman–Crippen MR) is 98.3 cm³/mol. The van der Waals surface area contributed by atoms with Crippen LogP contribution in [0.25, 0.3) is 0 Å². The minimum absolute atomic E-state index is 0.329. The van der Waals surface area contributed by atoms with Gasteiger partial charge in [-0.25, -0.2) is 5.43 Å². The molecule has 0 saturated carbocycles. The minimum Gasteiger partial charge on any atom is -0.497 e. The van der Waals surface area contributed by atoms with Crippen molar-refractivity contribution in [1.82, 2.24) is 10.7 Å². The summed E-state index contributed by atoms with van der Waals surface area (Å²) in [7, 11) is 3.16. The molecule has 0 aliphatic carbocycles. The molecule has 2 aromatic carbocycles. The normalized spacial score (nSPS) is 11.7. The van der Waals surface area contributed by atoms with Crippen LogP contribution in [-0.2, 0) is 9.59 Å². The van der Waals surface area contributed by atoms with E-state index in [1.165, 1.54) is 6.21 Å². The summed E-state index contributed by atoms with van der Waals surface area (Å²) in [5.74, 6) is -0.161. The monoisotopic (exact) mass is 355 g/mol. The maximum atomic E-state index is 11.9. The molecular weight excluding hydrogens is 334 g/mol. The Morgan fingerprint density at radius 1 is 0.923 bits per heavy atom. The lowest BCUT2D eigenvalue weighted by atomic mass is 10.1. The van der Waals surface area contributed by atoms with E-state index in [1.807, 2.05) is 12.1 Å². The van der Waals surface area contributed by atoms with Crippen LogP contribution in [0.15, 0.2) is 53.6 Å². The molecule has 0 aliphatic rings. The van der Waals surface area contributed by atoms with Crippen molar-refractivity contribution >= 4 is 18.0 Å². The zero-order valence-corrected chi connectivity index (χ0v) is 14.9. The van der Waals surface area contributed by atoms with Crippen molar-refractivity contribution in [1.29, 1.82) is 0 Å². The lowest BCUT2D eigenvalue weighted by molar-refractivity contribution is -0.139. The first-order valence-corrected chi connectivity index (χ1v) is 7.95. The predicted octanol–water partition coefficient (Wildman–Crippen LogP) is 2.03. The van der Waals surface area contributed by atoms with Crippen LogP contribution in [0.4, 0.5) is 0 Å². The highest BCUT2D eigenvalue weighted by molar-refractivity contribution is 6.35. The highest BCUT2D eigenvalue weighted by atomic mass is 16.5. The number of carbonyl (C=O) groups excluding carboxylic acids is 2. The number of hydrogen-bond acceptors (Lipinski definition) is 5. The summed E-state index contributed by atoms with van der Waals surface area (Å²) in [4.78, 5) is 23.8. The molecule has 0 radical (unpaired) electrons. The Balaban J connectivity index is 1.85. The van der Waals surface area contributed by atoms with Gasteiger partial charge in [0.05, 0.1) is 26.5 Å². The molecule has 136 valence electrons. The maximum Gasteiger partial charge on any atom is 0.329 e. The van der Waals surface area contributed by atoms with Crippen molar-refractivity contribution in [2.75, 3.05) is 14.2 Å². The van der Waals surface area contributed by atoms with Crippen LogP contribution in [0.3, 0.4) is 0 Å². The molecule has 0 heterocycles. The number of ether oxygens (including phenoxy) is 2. The Kier molecular flexibility index (Phi) is 6.73. The van der Waals surface area contributed by atoms with Gasteiger partial charge in [-0.05, 0) is 54.4 Å². The highest BCUT2D eigenvalue weighted by Gasteiger charge is 2.16. The van der Waals surface area contributed by atoms with Crippen molar-refractivity contribution in [3.63, 3.8) is 0 Å². The topological polar surface area (TPSA) is 89.0 Å². The van der Waals surface area contributed by atoms with Crippen molar-refractivity contribution < 1.29 is 19.1 Å². The van der Waals surface area contributed by atoms with Gasteiger partial charge in [-0.3, -0.25) is 9.59 Å². The van der Waals surface area contributed by atoms with Gasteiger partial charge in [0.25, 0.3) is 0 Å². The number of methoxy groups -OCH3 is 2. The van der Waals surface area contributed by atoms with Crippen LogP contribution >= 0.6 is 0 Å². The molecule has 2 N–H and O–H groups in total. The van der Waals surface area contributed by atoms with E-state index in [1.54, 1.807) is 57.5 Å². The van der Waals surface area contributed by atoms with Gasteiger partial charge >= 0.3 is 11.8 Å². The molecule has 0 aliphatic heterocycles. The average Bonchev–Trinajstić information content (AvgIpc) is 2.68. The SMILES string of the molecule is COc1ccc(/C=N\NC(=O)C(=O)N[C@@H](C)c2ccc(OC)cc2)cc1. The van der Waals surface area contributed by atoms with Gasteiger partial charge in [-0.2, -0.15) is 5.10 Å². The van der Waals surface area contributed by atoms with Crippen LogP contribution in [0, 0.1) is 0 Å². The standard InChI is InChI=1S/C19H21N3O4/c1-13(15-6-10-17(26-3)11-7-15)21-18(23)19(24)22-20-12-14-4-8-16(25-2)9-5-14/h4-13H,1-3H3,(H,21,23)(H,22,24)/b20-12-/t13-/m0/s1. The molecule has 2 aromatic rings. The first-order valence-electron chi connectivity index (χ1n) is 7.95. The molecule has 7 heteroatoms. The smallest absolute Gasteiger partial charge is 0.329 e. The Labute approximate surface area is 152 Å². The number of nitrogens with one attached hydrogen (secondary N) is 2. The van der Waals surface area contributed by atoms with E-state index >= 15 is 0 Å². The number of carbonyl (C=O) groups is 2. The van der Waals surface area contributed by atoms with Gasteiger partial charge in [-0.1, -0.05) is 12.1 Å². The molecule has 0 bridgehead atoms. The number of hydrogen-bond donors (Lipinski definition) is 2. The molecule has 7 nitrogen and oxygen atoms in total. The Hall–Kier alpha value is -3.35. The van der Waals surface area contributed by atoms with Gasteiger partial charge in [-0.15, -0.1) is 0 Å². The van der Waals surface area contributed by atoms with Crippen molar-refractivity contribution in [2.45, 2.75) is 13.0 Å². The van der Waals surface area contributed by atoms with Crippen LogP contribution in [0.2, 0.25) is 0 Å². The van der Waals surface area contributed by atoms with E-state index in [2.05, 4.69) is 15.8 Å². The fourth-order valence-electron chi connectivity index (χ4n) is 2.14. The van der Waals surface area contributed by atoms with Crippen LogP contribution < -0.4 is 20.2 Å². The first-order chi connectivity index (χ1) is 12.5. The van der Waals surface area contributed by atoms with Gasteiger partial charge in [0.1, 0.15) is 11.5 Å². The zero-order valence-electron chi connectivity index (χ0n) is 14.9. The first kappa shape index (κ1) is 19.0. The van der Waals surface area contributed by atoms with Crippen molar-refractivity contribution in [2.24, 2.45) is 5.10 Å². The van der Waals surface area contributed by atoms with Crippen LogP contribution in [-0.4, -0.2) is 32.2 Å². The average molecular weight is 355 g/mol. The van der Waals surface area contributed by atoms with E-state index < -0.39 is 11.8 Å². The quantitative estimate of drug-likeness (QED) is 0.471. The lowest BCUT2D eigenvalue weighted by Crippen LogP contribution is -2.39. The second-order valence-electron chi connectivity index (χ2n) is 5.44. The fraction of sp³-hybridized carbons (Fsp3) is 0.211. The minimum atomic E-state index is -0.838. The molecule has 1 atom stereocenters. The number of hydrazone groups is 1. The summed E-state index contributed by atoms with van der Waals surface area (Å²) in [5.41, 5.74) is 3.82. The van der Waals surface area contributed by atoms with Gasteiger partial charge in [0.15, 0.2) is 0 Å². The molecule has 0 aromatic heterocycles. The van der Waals surface area contributed by atoms with E-state index in [-0.39, 0.29) is 6.04 Å². The third-order valence-corrected chi connectivity index (χ3v) is 3.67. The van der Waals surface area contributed by atoms with E-state index in [4.69, 9.17) is 9.47 Å². The maximum absolute atomic E-state index is 11.9. The molecule has 0 saturated heterocycles. The third kappa shape index (κ3) is 5.34. The van der Waals surface area contributed by atoms with Crippen molar-refractivity contribution in [3.05, 3.63) is 59.7 Å². The van der Waals surface area contributed by atoms with Gasteiger partial charge in [0.2, 0.25) is 0 Å². The summed E-state index contributed by atoms with van der Waals surface area (Å²) < 4.78 is 10.1. The molecule has 0 fully saturated rings. The van der Waals surface area contributed by atoms with E-state index in [0.717, 1.165) is 22.6 Å². The second kappa shape index (κ2) is 9.22. The fourth-order valence-corrected chi connectivity index (χ4v) is 2.14. The van der Waals surface area contributed by atoms with E-state index in [0.29, 0.717) is 0 Å². The second-order valence-corrected chi connectivity index (χ2v) is 5.44. The molecule has 0 spiro atoms. The van der Waals surface area contributed by atoms with Gasteiger partial charge in [0, 0.05) is 0 Å². The Bertz CT molecular complexity index is 770.